The maximum absolute atomic E-state index is 6.01. The Labute approximate surface area is 170 Å². The van der Waals surface area contributed by atoms with Crippen molar-refractivity contribution in [1.82, 2.24) is 0 Å². The predicted octanol–water partition coefficient (Wildman–Crippen LogP) is 7.42. The minimum atomic E-state index is -0.180. The summed E-state index contributed by atoms with van der Waals surface area (Å²) in [6.07, 6.45) is 7.36. The van der Waals surface area contributed by atoms with Crippen LogP contribution in [0.25, 0.3) is 5.57 Å². The SMILES string of the molecule is CCCOc1ccc(C(=C2CCCCC2)c2ccc(OC(C)(C)C)cc2)cc1. The van der Waals surface area contributed by atoms with Gasteiger partial charge in [0.15, 0.2) is 0 Å². The van der Waals surface area contributed by atoms with Crippen LogP contribution in [-0.4, -0.2) is 12.2 Å². The van der Waals surface area contributed by atoms with Gasteiger partial charge in [-0.1, -0.05) is 43.2 Å². The van der Waals surface area contributed by atoms with E-state index in [0.717, 1.165) is 24.5 Å². The average Bonchev–Trinajstić information content (AvgIpc) is 2.69. The van der Waals surface area contributed by atoms with Gasteiger partial charge in [-0.25, -0.2) is 0 Å². The molecular formula is C26H34O2. The third kappa shape index (κ3) is 5.64. The number of hydrogen-bond acceptors (Lipinski definition) is 2. The zero-order valence-electron chi connectivity index (χ0n) is 17.9. The quantitative estimate of drug-likeness (QED) is 0.520. The summed E-state index contributed by atoms with van der Waals surface area (Å²) in [5, 5.41) is 0. The molecule has 0 aliphatic heterocycles. The topological polar surface area (TPSA) is 18.5 Å². The Kier molecular flexibility index (Phi) is 6.83. The lowest BCUT2D eigenvalue weighted by atomic mass is 9.85. The summed E-state index contributed by atoms with van der Waals surface area (Å²) in [6.45, 7) is 9.14. The van der Waals surface area contributed by atoms with Gasteiger partial charge >= 0.3 is 0 Å². The molecule has 2 aromatic carbocycles. The standard InChI is InChI=1S/C26H34O2/c1-5-19-27-23-15-11-21(12-16-23)25(20-9-7-6-8-10-20)22-13-17-24(18-14-22)28-26(2,3)4/h11-18H,5-10,19H2,1-4H3. The van der Waals surface area contributed by atoms with Gasteiger partial charge in [-0.3, -0.25) is 0 Å². The molecule has 0 unspecified atom stereocenters. The predicted molar refractivity (Wildman–Crippen MR) is 118 cm³/mol. The van der Waals surface area contributed by atoms with Gasteiger partial charge < -0.3 is 9.47 Å². The summed E-state index contributed by atoms with van der Waals surface area (Å²) in [5.41, 5.74) is 5.35. The molecule has 0 bridgehead atoms. The van der Waals surface area contributed by atoms with Crippen molar-refractivity contribution in [3.8, 4) is 11.5 Å². The zero-order chi connectivity index (χ0) is 20.0. The minimum absolute atomic E-state index is 0.180. The van der Waals surface area contributed by atoms with Gasteiger partial charge in [0, 0.05) is 0 Å². The summed E-state index contributed by atoms with van der Waals surface area (Å²) in [6, 6.07) is 17.2. The van der Waals surface area contributed by atoms with Crippen LogP contribution in [0.15, 0.2) is 54.1 Å². The second kappa shape index (κ2) is 9.32. The van der Waals surface area contributed by atoms with Crippen LogP contribution in [-0.2, 0) is 0 Å². The summed E-state index contributed by atoms with van der Waals surface area (Å²) in [5.74, 6) is 1.88. The minimum Gasteiger partial charge on any atom is -0.494 e. The number of benzene rings is 2. The highest BCUT2D eigenvalue weighted by atomic mass is 16.5. The first kappa shape index (κ1) is 20.5. The van der Waals surface area contributed by atoms with Crippen LogP contribution in [0.1, 0.15) is 77.3 Å². The molecule has 150 valence electrons. The van der Waals surface area contributed by atoms with Crippen molar-refractivity contribution < 1.29 is 9.47 Å². The Balaban J connectivity index is 1.92. The van der Waals surface area contributed by atoms with E-state index >= 15 is 0 Å². The van der Waals surface area contributed by atoms with Gasteiger partial charge in [-0.05, 0) is 93.8 Å². The van der Waals surface area contributed by atoms with Crippen molar-refractivity contribution in [3.05, 3.63) is 65.2 Å². The van der Waals surface area contributed by atoms with E-state index in [1.165, 1.54) is 48.8 Å². The Bertz CT molecular complexity index is 769. The first-order valence-corrected chi connectivity index (χ1v) is 10.7. The van der Waals surface area contributed by atoms with Crippen LogP contribution >= 0.6 is 0 Å². The molecule has 1 saturated carbocycles. The van der Waals surface area contributed by atoms with Gasteiger partial charge in [0.25, 0.3) is 0 Å². The van der Waals surface area contributed by atoms with Crippen molar-refractivity contribution in [1.29, 1.82) is 0 Å². The molecule has 1 aliphatic rings. The van der Waals surface area contributed by atoms with E-state index in [9.17, 15) is 0 Å². The first-order valence-electron chi connectivity index (χ1n) is 10.7. The molecular weight excluding hydrogens is 344 g/mol. The lowest BCUT2D eigenvalue weighted by Gasteiger charge is -2.23. The van der Waals surface area contributed by atoms with Crippen molar-refractivity contribution in [2.45, 2.75) is 71.8 Å². The Morgan fingerprint density at radius 3 is 1.82 bits per heavy atom. The maximum Gasteiger partial charge on any atom is 0.120 e. The fourth-order valence-corrected chi connectivity index (χ4v) is 3.78. The fraction of sp³-hybridized carbons (Fsp3) is 0.462. The molecule has 28 heavy (non-hydrogen) atoms. The molecule has 0 heterocycles. The summed E-state index contributed by atoms with van der Waals surface area (Å²) in [7, 11) is 0. The first-order chi connectivity index (χ1) is 13.5. The van der Waals surface area contributed by atoms with Crippen LogP contribution < -0.4 is 9.47 Å². The highest BCUT2D eigenvalue weighted by molar-refractivity contribution is 5.82. The molecule has 1 aliphatic carbocycles. The van der Waals surface area contributed by atoms with Gasteiger partial charge in [-0.2, -0.15) is 0 Å². The van der Waals surface area contributed by atoms with Gasteiger partial charge in [-0.15, -0.1) is 0 Å². The third-order valence-corrected chi connectivity index (χ3v) is 4.99. The summed E-state index contributed by atoms with van der Waals surface area (Å²) >= 11 is 0. The molecule has 1 fully saturated rings. The Hall–Kier alpha value is -2.22. The Morgan fingerprint density at radius 1 is 0.786 bits per heavy atom. The number of hydrogen-bond donors (Lipinski definition) is 0. The fourth-order valence-electron chi connectivity index (χ4n) is 3.78. The average molecular weight is 379 g/mol. The van der Waals surface area contributed by atoms with Crippen LogP contribution in [0.3, 0.4) is 0 Å². The molecule has 0 aromatic heterocycles. The van der Waals surface area contributed by atoms with E-state index in [0.29, 0.717) is 0 Å². The second-order valence-electron chi connectivity index (χ2n) is 8.65. The molecule has 0 amide bonds. The zero-order valence-corrected chi connectivity index (χ0v) is 17.9. The molecule has 2 aromatic rings. The molecule has 2 nitrogen and oxygen atoms in total. The highest BCUT2D eigenvalue weighted by Crippen LogP contribution is 2.36. The van der Waals surface area contributed by atoms with Crippen LogP contribution in [0.2, 0.25) is 0 Å². The molecule has 0 N–H and O–H groups in total. The monoisotopic (exact) mass is 378 g/mol. The largest absolute Gasteiger partial charge is 0.494 e. The Morgan fingerprint density at radius 2 is 1.32 bits per heavy atom. The van der Waals surface area contributed by atoms with Crippen LogP contribution in [0, 0.1) is 0 Å². The van der Waals surface area contributed by atoms with Gasteiger partial charge in [0.1, 0.15) is 17.1 Å². The number of rotatable bonds is 6. The van der Waals surface area contributed by atoms with E-state index in [4.69, 9.17) is 9.47 Å². The van der Waals surface area contributed by atoms with Crippen molar-refractivity contribution in [2.75, 3.05) is 6.61 Å². The number of ether oxygens (including phenoxy) is 2. The lowest BCUT2D eigenvalue weighted by molar-refractivity contribution is 0.131. The van der Waals surface area contributed by atoms with E-state index < -0.39 is 0 Å². The van der Waals surface area contributed by atoms with E-state index in [1.54, 1.807) is 5.57 Å². The van der Waals surface area contributed by atoms with Crippen molar-refractivity contribution in [3.63, 3.8) is 0 Å². The maximum atomic E-state index is 6.01. The van der Waals surface area contributed by atoms with Gasteiger partial charge in [0.2, 0.25) is 0 Å². The molecule has 0 atom stereocenters. The summed E-state index contributed by atoms with van der Waals surface area (Å²) in [4.78, 5) is 0. The normalized spacial score (nSPS) is 14.6. The van der Waals surface area contributed by atoms with Crippen LogP contribution in [0.5, 0.6) is 11.5 Å². The van der Waals surface area contributed by atoms with Gasteiger partial charge in [0.05, 0.1) is 6.61 Å². The number of allylic oxidation sites excluding steroid dienone is 1. The molecule has 0 saturated heterocycles. The van der Waals surface area contributed by atoms with Crippen molar-refractivity contribution >= 4 is 5.57 Å². The second-order valence-corrected chi connectivity index (χ2v) is 8.65. The van der Waals surface area contributed by atoms with E-state index in [2.05, 4.69) is 76.2 Å². The van der Waals surface area contributed by atoms with Crippen LogP contribution in [0.4, 0.5) is 0 Å². The van der Waals surface area contributed by atoms with E-state index in [1.807, 2.05) is 0 Å². The third-order valence-electron chi connectivity index (χ3n) is 4.99. The lowest BCUT2D eigenvalue weighted by Crippen LogP contribution is -2.22. The molecule has 2 heteroatoms. The molecule has 0 radical (unpaired) electrons. The molecule has 0 spiro atoms. The van der Waals surface area contributed by atoms with Crippen molar-refractivity contribution in [2.24, 2.45) is 0 Å². The molecule has 3 rings (SSSR count). The highest BCUT2D eigenvalue weighted by Gasteiger charge is 2.16. The van der Waals surface area contributed by atoms with E-state index in [-0.39, 0.29) is 5.60 Å². The smallest absolute Gasteiger partial charge is 0.120 e. The summed E-state index contributed by atoms with van der Waals surface area (Å²) < 4.78 is 11.8.